The first-order chi connectivity index (χ1) is 1.91. The van der Waals surface area contributed by atoms with E-state index in [0.717, 1.165) is 8.58 Å². The molecule has 0 nitrogen and oxygen atoms in total. The number of hydrogen-bond donors (Lipinski definition) is 0. The quantitative estimate of drug-likeness (QED) is 0.578. The van der Waals surface area contributed by atoms with Crippen molar-refractivity contribution in [3.8, 4) is 0 Å². The molecule has 1 unspecified atom stereocenters. The summed E-state index contributed by atoms with van der Waals surface area (Å²) in [5.74, 6) is 0. The van der Waals surface area contributed by atoms with E-state index in [9.17, 15) is 0 Å². The van der Waals surface area contributed by atoms with Gasteiger partial charge in [0.15, 0.2) is 0 Å². The Labute approximate surface area is 63.5 Å². The van der Waals surface area contributed by atoms with Crippen LogP contribution in [0.1, 0.15) is 6.92 Å². The van der Waals surface area contributed by atoms with Gasteiger partial charge in [0, 0.05) is 35.6 Å². The average molecular weight is 215 g/mol. The van der Waals surface area contributed by atoms with Crippen LogP contribution in [0.5, 0.6) is 0 Å². The van der Waals surface area contributed by atoms with Gasteiger partial charge in [-0.3, -0.25) is 0 Å². The second kappa shape index (κ2) is 9.16. The Balaban J connectivity index is 0. The summed E-state index contributed by atoms with van der Waals surface area (Å²) < 4.78 is 0. The van der Waals surface area contributed by atoms with Crippen molar-refractivity contribution in [1.82, 2.24) is 0 Å². The van der Waals surface area contributed by atoms with Crippen LogP contribution in [0.25, 0.3) is 0 Å². The maximum atomic E-state index is 2.21. The van der Waals surface area contributed by atoms with Crippen molar-refractivity contribution in [1.29, 1.82) is 0 Å². The molecule has 0 bridgehead atoms. The van der Waals surface area contributed by atoms with Crippen LogP contribution in [-0.4, -0.2) is 12.8 Å². The fourth-order valence-electron chi connectivity index (χ4n) is 0. The van der Waals surface area contributed by atoms with Gasteiger partial charge in [0.1, 0.15) is 0 Å². The molecule has 0 spiro atoms. The van der Waals surface area contributed by atoms with Crippen LogP contribution in [0.2, 0.25) is 0 Å². The molecule has 0 N–H and O–H groups in total. The normalized spacial score (nSPS) is 8.40. The van der Waals surface area contributed by atoms with Gasteiger partial charge >= 0.3 is 0 Å². The Morgan fingerprint density at radius 2 is 1.80 bits per heavy atom. The van der Waals surface area contributed by atoms with Crippen LogP contribution >= 0.6 is 8.58 Å². The van der Waals surface area contributed by atoms with Crippen LogP contribution in [0.4, 0.5) is 0 Å². The van der Waals surface area contributed by atoms with Crippen molar-refractivity contribution < 1.29 is 35.6 Å². The standard InChI is InChI=1S/C3H9P.La/c1-3-4-2;/h4H,3H2,1-2H3;. The summed E-state index contributed by atoms with van der Waals surface area (Å²) >= 11 is 0. The van der Waals surface area contributed by atoms with Gasteiger partial charge in [0.05, 0.1) is 0 Å². The van der Waals surface area contributed by atoms with Gasteiger partial charge in [-0.15, -0.1) is 8.58 Å². The zero-order valence-corrected chi connectivity index (χ0v) is 8.41. The first-order valence-electron chi connectivity index (χ1n) is 1.56. The molecule has 0 heterocycles. The van der Waals surface area contributed by atoms with Crippen molar-refractivity contribution in [2.24, 2.45) is 0 Å². The minimum atomic E-state index is 0. The fourth-order valence-corrected chi connectivity index (χ4v) is 0. The summed E-state index contributed by atoms with van der Waals surface area (Å²) in [6.07, 6.45) is 1.35. The van der Waals surface area contributed by atoms with E-state index in [4.69, 9.17) is 0 Å². The molecule has 0 aliphatic rings. The molecule has 0 amide bonds. The predicted molar refractivity (Wildman–Crippen MR) is 24.8 cm³/mol. The van der Waals surface area contributed by atoms with E-state index >= 15 is 0 Å². The van der Waals surface area contributed by atoms with Gasteiger partial charge < -0.3 is 0 Å². The number of rotatable bonds is 1. The molecular formula is C3H9LaP. The second-order valence-electron chi connectivity index (χ2n) is 0.707. The van der Waals surface area contributed by atoms with Crippen LogP contribution in [0.3, 0.4) is 0 Å². The molecule has 5 heavy (non-hydrogen) atoms. The maximum absolute atomic E-state index is 2.21. The second-order valence-corrected chi connectivity index (χ2v) is 2.12. The van der Waals surface area contributed by atoms with E-state index < -0.39 is 0 Å². The minimum absolute atomic E-state index is 0. The molecule has 0 rings (SSSR count). The van der Waals surface area contributed by atoms with E-state index in [2.05, 4.69) is 13.6 Å². The maximum Gasteiger partial charge on any atom is 0 e. The van der Waals surface area contributed by atoms with Crippen molar-refractivity contribution in [2.45, 2.75) is 6.92 Å². The van der Waals surface area contributed by atoms with Crippen LogP contribution in [0.15, 0.2) is 0 Å². The SMILES string of the molecule is CCPC.[La]. The molecule has 1 atom stereocenters. The monoisotopic (exact) mass is 215 g/mol. The molecule has 2 heteroatoms. The zero-order chi connectivity index (χ0) is 3.41. The van der Waals surface area contributed by atoms with E-state index in [0.29, 0.717) is 0 Å². The Hall–Kier alpha value is 1.62. The van der Waals surface area contributed by atoms with Crippen molar-refractivity contribution >= 4 is 8.58 Å². The van der Waals surface area contributed by atoms with Crippen molar-refractivity contribution in [3.05, 3.63) is 0 Å². The minimum Gasteiger partial charge on any atom is -0.126 e. The molecule has 0 fully saturated rings. The summed E-state index contributed by atoms with van der Waals surface area (Å²) in [6.45, 7) is 4.40. The summed E-state index contributed by atoms with van der Waals surface area (Å²) in [6, 6.07) is 0. The molecule has 1 radical (unpaired) electrons. The van der Waals surface area contributed by atoms with Crippen LogP contribution < -0.4 is 0 Å². The summed E-state index contributed by atoms with van der Waals surface area (Å²) in [7, 11) is 1.14. The topological polar surface area (TPSA) is 0 Å². The first-order valence-corrected chi connectivity index (χ1v) is 3.27. The third-order valence-corrected chi connectivity index (χ3v) is 1.06. The Morgan fingerprint density at radius 3 is 1.80 bits per heavy atom. The van der Waals surface area contributed by atoms with Crippen LogP contribution in [-0.2, 0) is 0 Å². The summed E-state index contributed by atoms with van der Waals surface area (Å²) in [4.78, 5) is 0. The van der Waals surface area contributed by atoms with Gasteiger partial charge in [-0.2, -0.15) is 0 Å². The molecule has 29 valence electrons. The van der Waals surface area contributed by atoms with E-state index in [1.807, 2.05) is 0 Å². The third-order valence-electron chi connectivity index (χ3n) is 0.354. The predicted octanol–water partition coefficient (Wildman–Crippen LogP) is 1.31. The number of hydrogen-bond acceptors (Lipinski definition) is 0. The molecule has 0 saturated heterocycles. The van der Waals surface area contributed by atoms with Gasteiger partial charge in [-0.25, -0.2) is 0 Å². The first kappa shape index (κ1) is 9.80. The molecule has 0 saturated carbocycles. The molecule has 0 aliphatic heterocycles. The summed E-state index contributed by atoms with van der Waals surface area (Å²) in [5, 5.41) is 0. The van der Waals surface area contributed by atoms with Crippen molar-refractivity contribution in [2.75, 3.05) is 12.8 Å². The van der Waals surface area contributed by atoms with E-state index in [-0.39, 0.29) is 35.6 Å². The van der Waals surface area contributed by atoms with Gasteiger partial charge in [0.2, 0.25) is 0 Å². The van der Waals surface area contributed by atoms with Crippen LogP contribution in [0, 0.1) is 35.6 Å². The zero-order valence-electron chi connectivity index (χ0n) is 3.78. The fraction of sp³-hybridized carbons (Fsp3) is 1.00. The Bertz CT molecular complexity index is 8.85. The van der Waals surface area contributed by atoms with Crippen molar-refractivity contribution in [3.63, 3.8) is 0 Å². The molecular weight excluding hydrogens is 206 g/mol. The largest absolute Gasteiger partial charge is 0.126 e. The average Bonchev–Trinajstić information content (AvgIpc) is 1.37. The van der Waals surface area contributed by atoms with Gasteiger partial charge in [-0.1, -0.05) is 6.92 Å². The summed E-state index contributed by atoms with van der Waals surface area (Å²) in [5.41, 5.74) is 0. The Morgan fingerprint density at radius 1 is 1.60 bits per heavy atom. The van der Waals surface area contributed by atoms with E-state index in [1.165, 1.54) is 6.16 Å². The van der Waals surface area contributed by atoms with Gasteiger partial charge in [-0.05, 0) is 12.8 Å². The van der Waals surface area contributed by atoms with E-state index in [1.54, 1.807) is 0 Å². The Kier molecular flexibility index (Phi) is 17.9. The molecule has 0 aromatic heterocycles. The van der Waals surface area contributed by atoms with Gasteiger partial charge in [0.25, 0.3) is 0 Å². The molecule has 0 aliphatic carbocycles. The smallest absolute Gasteiger partial charge is 0 e. The molecule has 0 aromatic carbocycles. The molecule has 0 aromatic rings. The third kappa shape index (κ3) is 10.7.